The predicted octanol–water partition coefficient (Wildman–Crippen LogP) is 4.72. The number of amides is 1. The fourth-order valence-corrected chi connectivity index (χ4v) is 4.05. The molecule has 2 aromatic heterocycles. The summed E-state index contributed by atoms with van der Waals surface area (Å²) in [6.45, 7) is 9.72. The molecule has 0 radical (unpaired) electrons. The van der Waals surface area contributed by atoms with Gasteiger partial charge in [0.15, 0.2) is 5.65 Å². The molecular weight excluding hydrogens is 433 g/mol. The zero-order valence-electron chi connectivity index (χ0n) is 18.4. The summed E-state index contributed by atoms with van der Waals surface area (Å²) in [5.74, 6) is 0.0258. The molecule has 1 atom stereocenters. The third kappa shape index (κ3) is 4.71. The van der Waals surface area contributed by atoms with E-state index < -0.39 is 0 Å². The first-order chi connectivity index (χ1) is 13.8. The molecule has 3 aromatic rings. The molecule has 1 aliphatic heterocycles. The fourth-order valence-electron chi connectivity index (χ4n) is 4.05. The van der Waals surface area contributed by atoms with Gasteiger partial charge in [0.05, 0.1) is 22.8 Å². The van der Waals surface area contributed by atoms with Gasteiger partial charge in [-0.2, -0.15) is 5.10 Å². The van der Waals surface area contributed by atoms with Gasteiger partial charge in [0.25, 0.3) is 5.91 Å². The molecule has 0 spiro atoms. The second kappa shape index (κ2) is 9.55. The molecule has 4 rings (SSSR count). The minimum atomic E-state index is -0.107. The maximum atomic E-state index is 13.6. The third-order valence-corrected chi connectivity index (χ3v) is 5.96. The molecule has 1 unspecified atom stereocenters. The number of nitrogens with two attached hydrogens (primary N) is 1. The van der Waals surface area contributed by atoms with Crippen molar-refractivity contribution in [1.82, 2.24) is 19.7 Å². The molecule has 168 valence electrons. The molecule has 6 nitrogen and oxygen atoms in total. The molecule has 3 heterocycles. The van der Waals surface area contributed by atoms with Crippen LogP contribution in [0.1, 0.15) is 50.5 Å². The van der Waals surface area contributed by atoms with Crippen molar-refractivity contribution in [3.05, 3.63) is 48.2 Å². The van der Waals surface area contributed by atoms with Gasteiger partial charge in [-0.15, -0.1) is 24.8 Å². The molecular formula is C23H31Cl2N5O. The second-order valence-electron chi connectivity index (χ2n) is 8.95. The quantitative estimate of drug-likeness (QED) is 0.609. The van der Waals surface area contributed by atoms with Crippen LogP contribution in [0.2, 0.25) is 0 Å². The Morgan fingerprint density at radius 1 is 1.19 bits per heavy atom. The first-order valence-electron chi connectivity index (χ1n) is 10.3. The van der Waals surface area contributed by atoms with Gasteiger partial charge in [0.2, 0.25) is 0 Å². The summed E-state index contributed by atoms with van der Waals surface area (Å²) in [5.41, 5.74) is 9.36. The summed E-state index contributed by atoms with van der Waals surface area (Å²) >= 11 is 0. The van der Waals surface area contributed by atoms with Crippen LogP contribution in [0.15, 0.2) is 42.6 Å². The summed E-state index contributed by atoms with van der Waals surface area (Å²) < 4.78 is 1.88. The van der Waals surface area contributed by atoms with E-state index in [0.29, 0.717) is 18.7 Å². The number of benzene rings is 1. The van der Waals surface area contributed by atoms with Crippen molar-refractivity contribution >= 4 is 41.8 Å². The van der Waals surface area contributed by atoms with Gasteiger partial charge in [0.1, 0.15) is 0 Å². The Kier molecular flexibility index (Phi) is 7.74. The normalized spacial score (nSPS) is 17.9. The van der Waals surface area contributed by atoms with Crippen LogP contribution in [0.4, 0.5) is 0 Å². The maximum Gasteiger partial charge on any atom is 0.254 e. The number of pyridine rings is 1. The highest BCUT2D eigenvalue weighted by Gasteiger charge is 2.36. The predicted molar refractivity (Wildman–Crippen MR) is 130 cm³/mol. The molecule has 31 heavy (non-hydrogen) atoms. The number of fused-ring (bicyclic) bond motifs is 1. The molecule has 0 bridgehead atoms. The van der Waals surface area contributed by atoms with Crippen molar-refractivity contribution in [3.63, 3.8) is 0 Å². The number of likely N-dealkylation sites (tertiary alicyclic amines) is 1. The molecule has 1 aliphatic rings. The van der Waals surface area contributed by atoms with Crippen LogP contribution < -0.4 is 5.73 Å². The average molecular weight is 464 g/mol. The Labute approximate surface area is 196 Å². The van der Waals surface area contributed by atoms with Crippen LogP contribution in [-0.2, 0) is 0 Å². The van der Waals surface area contributed by atoms with E-state index in [1.54, 1.807) is 6.20 Å². The molecule has 0 aliphatic carbocycles. The second-order valence-corrected chi connectivity index (χ2v) is 8.95. The molecule has 1 amide bonds. The van der Waals surface area contributed by atoms with Gasteiger partial charge in [-0.05, 0) is 31.7 Å². The first-order valence-corrected chi connectivity index (χ1v) is 10.3. The Morgan fingerprint density at radius 3 is 2.48 bits per heavy atom. The lowest BCUT2D eigenvalue weighted by molar-refractivity contribution is 0.0535. The molecule has 8 heteroatoms. The van der Waals surface area contributed by atoms with E-state index in [2.05, 4.69) is 32.8 Å². The highest BCUT2D eigenvalue weighted by Crippen LogP contribution is 2.31. The number of aromatic nitrogens is 3. The van der Waals surface area contributed by atoms with Crippen molar-refractivity contribution in [1.29, 1.82) is 0 Å². The molecule has 0 saturated carbocycles. The van der Waals surface area contributed by atoms with Crippen molar-refractivity contribution in [2.24, 2.45) is 11.1 Å². The van der Waals surface area contributed by atoms with E-state index in [9.17, 15) is 4.79 Å². The summed E-state index contributed by atoms with van der Waals surface area (Å²) in [7, 11) is 0. The Morgan fingerprint density at radius 2 is 1.87 bits per heavy atom. The lowest BCUT2D eigenvalue weighted by Gasteiger charge is -2.42. The van der Waals surface area contributed by atoms with Crippen molar-refractivity contribution in [2.45, 2.75) is 46.2 Å². The highest BCUT2D eigenvalue weighted by molar-refractivity contribution is 6.06. The van der Waals surface area contributed by atoms with Crippen molar-refractivity contribution in [2.75, 3.05) is 13.1 Å². The minimum Gasteiger partial charge on any atom is -0.338 e. The van der Waals surface area contributed by atoms with Gasteiger partial charge in [-0.25, -0.2) is 9.67 Å². The number of hydrogen-bond acceptors (Lipinski definition) is 4. The zero-order valence-corrected chi connectivity index (χ0v) is 20.0. The summed E-state index contributed by atoms with van der Waals surface area (Å²) in [5, 5.41) is 5.32. The van der Waals surface area contributed by atoms with Crippen LogP contribution in [-0.4, -0.2) is 44.7 Å². The summed E-state index contributed by atoms with van der Waals surface area (Å²) in [6, 6.07) is 12.1. The highest BCUT2D eigenvalue weighted by atomic mass is 35.5. The number of rotatable bonds is 3. The number of halogens is 2. The van der Waals surface area contributed by atoms with Crippen LogP contribution in [0.3, 0.4) is 0 Å². The van der Waals surface area contributed by atoms with Crippen molar-refractivity contribution in [3.8, 4) is 11.3 Å². The average Bonchev–Trinajstić information content (AvgIpc) is 3.13. The molecule has 1 aromatic carbocycles. The maximum absolute atomic E-state index is 13.6. The topological polar surface area (TPSA) is 77.0 Å². The van der Waals surface area contributed by atoms with Crippen LogP contribution in [0.25, 0.3) is 22.3 Å². The lowest BCUT2D eigenvalue weighted by atomic mass is 9.79. The van der Waals surface area contributed by atoms with Gasteiger partial charge in [0, 0.05) is 30.7 Å². The first kappa shape index (κ1) is 25.1. The number of hydrogen-bond donors (Lipinski definition) is 1. The van der Waals surface area contributed by atoms with Crippen LogP contribution >= 0.6 is 24.8 Å². The number of piperidine rings is 1. The van der Waals surface area contributed by atoms with Gasteiger partial charge >= 0.3 is 0 Å². The molecule has 1 fully saturated rings. The van der Waals surface area contributed by atoms with Gasteiger partial charge < -0.3 is 10.6 Å². The van der Waals surface area contributed by atoms with Gasteiger partial charge in [-0.1, -0.05) is 44.2 Å². The standard InChI is InChI=1S/C23H29N5O.2ClH/c1-15(2)28-21-18(13-25-28)17(12-19(26-21)16-8-6-5-7-9-16)22(29)27-11-10-20(24)23(3,4)14-27;;/h5-9,12-13,15,20H,10-11,14,24H2,1-4H3;2*1H. The summed E-state index contributed by atoms with van der Waals surface area (Å²) in [4.78, 5) is 20.4. The van der Waals surface area contributed by atoms with Crippen LogP contribution in [0, 0.1) is 5.41 Å². The van der Waals surface area contributed by atoms with E-state index in [4.69, 9.17) is 10.7 Å². The molecule has 2 N–H and O–H groups in total. The largest absolute Gasteiger partial charge is 0.338 e. The van der Waals surface area contributed by atoms with E-state index in [-0.39, 0.29) is 48.2 Å². The van der Waals surface area contributed by atoms with E-state index >= 15 is 0 Å². The van der Waals surface area contributed by atoms with Crippen molar-refractivity contribution < 1.29 is 4.79 Å². The van der Waals surface area contributed by atoms with E-state index in [0.717, 1.165) is 28.7 Å². The zero-order chi connectivity index (χ0) is 20.8. The number of nitrogens with zero attached hydrogens (tertiary/aromatic N) is 4. The fraction of sp³-hybridized carbons (Fsp3) is 0.435. The summed E-state index contributed by atoms with van der Waals surface area (Å²) in [6.07, 6.45) is 2.58. The third-order valence-electron chi connectivity index (χ3n) is 5.96. The Bertz CT molecular complexity index is 1050. The van der Waals surface area contributed by atoms with E-state index in [1.165, 1.54) is 0 Å². The minimum absolute atomic E-state index is 0. The molecule has 1 saturated heterocycles. The number of carbonyl (C=O) groups is 1. The van der Waals surface area contributed by atoms with Gasteiger partial charge in [-0.3, -0.25) is 4.79 Å². The lowest BCUT2D eigenvalue weighted by Crippen LogP contribution is -2.54. The monoisotopic (exact) mass is 463 g/mol. The smallest absolute Gasteiger partial charge is 0.254 e. The Balaban J connectivity index is 0.00000171. The Hall–Kier alpha value is -2.15. The van der Waals surface area contributed by atoms with E-state index in [1.807, 2.05) is 46.0 Å². The van der Waals surface area contributed by atoms with Crippen LogP contribution in [0.5, 0.6) is 0 Å². The number of carbonyl (C=O) groups excluding carboxylic acids is 1. The SMILES string of the molecule is CC(C)n1ncc2c(C(=O)N3CCC(N)C(C)(C)C3)cc(-c3ccccc3)nc21.Cl.Cl.